The van der Waals surface area contributed by atoms with Gasteiger partial charge in [-0.05, 0) is 12.1 Å². The molecule has 0 bridgehead atoms. The van der Waals surface area contributed by atoms with Crippen LogP contribution >= 0.6 is 9.90 Å². The standard InChI is InChI=1S/C8H11N.H3P/c1-9(2)8-6-4-3-5-7-8;/h3-7H,1-2H3;1H3. The topological polar surface area (TPSA) is 3.24 Å². The van der Waals surface area contributed by atoms with Gasteiger partial charge in [0, 0.05) is 19.8 Å². The fourth-order valence-corrected chi connectivity index (χ4v) is 0.726. The number of rotatable bonds is 1. The minimum Gasteiger partial charge on any atom is -0.378 e. The largest absolute Gasteiger partial charge is 0.378 e. The third-order valence-electron chi connectivity index (χ3n) is 1.27. The Balaban J connectivity index is 0.000000810. The average molecular weight is 155 g/mol. The summed E-state index contributed by atoms with van der Waals surface area (Å²) in [6, 6.07) is 10.3. The SMILES string of the molecule is CN(C)c1ccccc1.P. The first kappa shape index (κ1) is 9.45. The molecule has 0 radical (unpaired) electrons. The van der Waals surface area contributed by atoms with Crippen molar-refractivity contribution in [2.75, 3.05) is 19.0 Å². The van der Waals surface area contributed by atoms with E-state index in [0.717, 1.165) is 0 Å². The van der Waals surface area contributed by atoms with Crippen LogP contribution < -0.4 is 4.90 Å². The van der Waals surface area contributed by atoms with E-state index in [4.69, 9.17) is 0 Å². The molecule has 0 heterocycles. The molecular formula is C8H14NP. The summed E-state index contributed by atoms with van der Waals surface area (Å²) in [7, 11) is 4.07. The normalized spacial score (nSPS) is 8.20. The number of hydrogen-bond donors (Lipinski definition) is 0. The first-order valence-electron chi connectivity index (χ1n) is 3.03. The van der Waals surface area contributed by atoms with Gasteiger partial charge in [-0.1, -0.05) is 18.2 Å². The van der Waals surface area contributed by atoms with Crippen molar-refractivity contribution in [3.63, 3.8) is 0 Å². The van der Waals surface area contributed by atoms with Crippen LogP contribution in [0.5, 0.6) is 0 Å². The second-order valence-corrected chi connectivity index (χ2v) is 2.23. The average Bonchev–Trinajstić information content (AvgIpc) is 1.90. The molecular weight excluding hydrogens is 141 g/mol. The number of para-hydroxylation sites is 1. The Bertz CT molecular complexity index is 172. The molecule has 0 saturated carbocycles. The molecule has 56 valence electrons. The Hall–Kier alpha value is -0.550. The van der Waals surface area contributed by atoms with E-state index >= 15 is 0 Å². The molecule has 2 heteroatoms. The van der Waals surface area contributed by atoms with E-state index in [1.54, 1.807) is 0 Å². The molecule has 0 aliphatic rings. The highest BCUT2D eigenvalue weighted by Gasteiger charge is 1.87. The van der Waals surface area contributed by atoms with Crippen molar-refractivity contribution in [1.82, 2.24) is 0 Å². The molecule has 0 spiro atoms. The minimum atomic E-state index is 0. The lowest BCUT2D eigenvalue weighted by Gasteiger charge is -2.10. The Morgan fingerprint density at radius 3 is 1.80 bits per heavy atom. The summed E-state index contributed by atoms with van der Waals surface area (Å²) < 4.78 is 0. The van der Waals surface area contributed by atoms with Gasteiger partial charge in [-0.3, -0.25) is 0 Å². The molecule has 0 fully saturated rings. The van der Waals surface area contributed by atoms with Crippen molar-refractivity contribution in [3.05, 3.63) is 30.3 Å². The fourth-order valence-electron chi connectivity index (χ4n) is 0.726. The molecule has 0 saturated heterocycles. The van der Waals surface area contributed by atoms with E-state index in [2.05, 4.69) is 17.0 Å². The molecule has 1 aromatic carbocycles. The predicted octanol–water partition coefficient (Wildman–Crippen LogP) is 1.81. The van der Waals surface area contributed by atoms with E-state index in [-0.39, 0.29) is 9.90 Å². The van der Waals surface area contributed by atoms with Crippen molar-refractivity contribution >= 4 is 15.6 Å². The highest BCUT2D eigenvalue weighted by atomic mass is 31.0. The third kappa shape index (κ3) is 2.36. The summed E-state index contributed by atoms with van der Waals surface area (Å²) in [6.07, 6.45) is 0. The van der Waals surface area contributed by atoms with Crippen molar-refractivity contribution in [2.24, 2.45) is 0 Å². The van der Waals surface area contributed by atoms with Gasteiger partial charge in [0.1, 0.15) is 0 Å². The van der Waals surface area contributed by atoms with Crippen LogP contribution in [0.2, 0.25) is 0 Å². The van der Waals surface area contributed by atoms with Crippen LogP contribution in [0.3, 0.4) is 0 Å². The molecule has 10 heavy (non-hydrogen) atoms. The van der Waals surface area contributed by atoms with Crippen LogP contribution in [-0.4, -0.2) is 14.1 Å². The summed E-state index contributed by atoms with van der Waals surface area (Å²) in [5.74, 6) is 0. The van der Waals surface area contributed by atoms with E-state index in [0.29, 0.717) is 0 Å². The molecule has 1 nitrogen and oxygen atoms in total. The zero-order valence-electron chi connectivity index (χ0n) is 6.54. The maximum absolute atomic E-state index is 2.08. The Kier molecular flexibility index (Phi) is 4.06. The molecule has 1 aromatic rings. The Morgan fingerprint density at radius 2 is 1.50 bits per heavy atom. The summed E-state index contributed by atoms with van der Waals surface area (Å²) in [5.41, 5.74) is 1.25. The van der Waals surface area contributed by atoms with Crippen LogP contribution in [0.4, 0.5) is 5.69 Å². The van der Waals surface area contributed by atoms with Gasteiger partial charge < -0.3 is 4.90 Å². The second-order valence-electron chi connectivity index (χ2n) is 2.23. The zero-order chi connectivity index (χ0) is 6.69. The highest BCUT2D eigenvalue weighted by molar-refractivity contribution is 6.92. The summed E-state index contributed by atoms with van der Waals surface area (Å²) in [4.78, 5) is 2.08. The smallest absolute Gasteiger partial charge is 0.0360 e. The van der Waals surface area contributed by atoms with Crippen molar-refractivity contribution in [1.29, 1.82) is 0 Å². The second kappa shape index (κ2) is 4.29. The van der Waals surface area contributed by atoms with Crippen LogP contribution in [-0.2, 0) is 0 Å². The van der Waals surface area contributed by atoms with Gasteiger partial charge in [0.2, 0.25) is 0 Å². The lowest BCUT2D eigenvalue weighted by atomic mass is 10.3. The summed E-state index contributed by atoms with van der Waals surface area (Å²) in [5, 5.41) is 0. The maximum Gasteiger partial charge on any atom is 0.0360 e. The van der Waals surface area contributed by atoms with Crippen LogP contribution in [0, 0.1) is 0 Å². The molecule has 1 atom stereocenters. The van der Waals surface area contributed by atoms with Gasteiger partial charge in [0.25, 0.3) is 0 Å². The quantitative estimate of drug-likeness (QED) is 0.559. The zero-order valence-corrected chi connectivity index (χ0v) is 7.96. The van der Waals surface area contributed by atoms with Crippen molar-refractivity contribution in [3.8, 4) is 0 Å². The minimum absolute atomic E-state index is 0. The summed E-state index contributed by atoms with van der Waals surface area (Å²) >= 11 is 0. The number of benzene rings is 1. The van der Waals surface area contributed by atoms with Crippen molar-refractivity contribution < 1.29 is 0 Å². The Morgan fingerprint density at radius 1 is 1.00 bits per heavy atom. The molecule has 0 aliphatic heterocycles. The molecule has 1 rings (SSSR count). The van der Waals surface area contributed by atoms with Crippen molar-refractivity contribution in [2.45, 2.75) is 0 Å². The van der Waals surface area contributed by atoms with E-state index in [9.17, 15) is 0 Å². The maximum atomic E-state index is 2.08. The van der Waals surface area contributed by atoms with Crippen LogP contribution in [0.1, 0.15) is 0 Å². The van der Waals surface area contributed by atoms with E-state index in [1.165, 1.54) is 5.69 Å². The van der Waals surface area contributed by atoms with Gasteiger partial charge in [-0.25, -0.2) is 0 Å². The lowest BCUT2D eigenvalue weighted by molar-refractivity contribution is 1.13. The predicted molar refractivity (Wildman–Crippen MR) is 51.9 cm³/mol. The molecule has 0 aliphatic carbocycles. The lowest BCUT2D eigenvalue weighted by Crippen LogP contribution is -2.07. The molecule has 0 amide bonds. The van der Waals surface area contributed by atoms with E-state index < -0.39 is 0 Å². The van der Waals surface area contributed by atoms with Crippen LogP contribution in [0.25, 0.3) is 0 Å². The highest BCUT2D eigenvalue weighted by Crippen LogP contribution is 2.07. The number of nitrogens with zero attached hydrogens (tertiary/aromatic N) is 1. The van der Waals surface area contributed by atoms with Gasteiger partial charge in [0.05, 0.1) is 0 Å². The Labute approximate surface area is 65.7 Å². The molecule has 0 aromatic heterocycles. The first-order valence-corrected chi connectivity index (χ1v) is 3.03. The van der Waals surface area contributed by atoms with Gasteiger partial charge in [-0.15, -0.1) is 0 Å². The monoisotopic (exact) mass is 155 g/mol. The third-order valence-corrected chi connectivity index (χ3v) is 1.27. The number of hydrogen-bond acceptors (Lipinski definition) is 1. The summed E-state index contributed by atoms with van der Waals surface area (Å²) in [6.45, 7) is 0. The molecule has 0 N–H and O–H groups in total. The van der Waals surface area contributed by atoms with Crippen LogP contribution in [0.15, 0.2) is 30.3 Å². The fraction of sp³-hybridized carbons (Fsp3) is 0.250. The molecule has 1 unspecified atom stereocenters. The number of anilines is 1. The van der Waals surface area contributed by atoms with Gasteiger partial charge in [0.15, 0.2) is 0 Å². The first-order chi connectivity index (χ1) is 4.30. The van der Waals surface area contributed by atoms with E-state index in [1.807, 2.05) is 32.3 Å². The van der Waals surface area contributed by atoms with Gasteiger partial charge >= 0.3 is 0 Å². The van der Waals surface area contributed by atoms with Gasteiger partial charge in [-0.2, -0.15) is 9.90 Å².